The molecule has 1 amide bonds. The Balaban J connectivity index is 1.46. The van der Waals surface area contributed by atoms with Gasteiger partial charge in [-0.15, -0.1) is 0 Å². The van der Waals surface area contributed by atoms with Gasteiger partial charge in [0.15, 0.2) is 0 Å². The van der Waals surface area contributed by atoms with Crippen molar-refractivity contribution in [2.75, 3.05) is 6.54 Å². The van der Waals surface area contributed by atoms with Gasteiger partial charge in [-0.05, 0) is 48.9 Å². The minimum Gasteiger partial charge on any atom is -0.345 e. The lowest BCUT2D eigenvalue weighted by atomic mass is 10.1. The smallest absolute Gasteiger partial charge is 0.226 e. The molecule has 4 rings (SSSR count). The number of carbonyl (C=O) groups is 1. The number of carbonyl (C=O) groups excluding carboxylic acids is 1. The van der Waals surface area contributed by atoms with E-state index in [4.69, 9.17) is 0 Å². The molecule has 0 aliphatic heterocycles. The molecule has 3 heteroatoms. The van der Waals surface area contributed by atoms with Crippen LogP contribution in [0, 0.1) is 12.8 Å². The van der Waals surface area contributed by atoms with Crippen LogP contribution in [0.1, 0.15) is 60.9 Å². The van der Waals surface area contributed by atoms with E-state index in [0.717, 1.165) is 25.9 Å². The number of nitrogens with zero attached hydrogens (tertiary/aromatic N) is 2. The Morgan fingerprint density at radius 1 is 1.03 bits per heavy atom. The summed E-state index contributed by atoms with van der Waals surface area (Å²) in [5.41, 5.74) is 5.09. The molecule has 3 nitrogen and oxygen atoms in total. The second kappa shape index (κ2) is 10.00. The zero-order valence-corrected chi connectivity index (χ0v) is 18.8. The molecule has 31 heavy (non-hydrogen) atoms. The van der Waals surface area contributed by atoms with Crippen molar-refractivity contribution in [2.45, 2.75) is 58.5 Å². The summed E-state index contributed by atoms with van der Waals surface area (Å²) < 4.78 is 2.29. The minimum atomic E-state index is 0.143. The number of unbranched alkanes of at least 4 members (excludes halogenated alkanes) is 2. The van der Waals surface area contributed by atoms with Crippen LogP contribution in [0.25, 0.3) is 0 Å². The Bertz CT molecular complexity index is 991. The van der Waals surface area contributed by atoms with Crippen molar-refractivity contribution in [3.8, 4) is 0 Å². The zero-order chi connectivity index (χ0) is 21.6. The second-order valence-corrected chi connectivity index (χ2v) is 8.94. The van der Waals surface area contributed by atoms with E-state index in [0.29, 0.717) is 18.4 Å². The van der Waals surface area contributed by atoms with Gasteiger partial charge >= 0.3 is 0 Å². The van der Waals surface area contributed by atoms with E-state index in [9.17, 15) is 4.79 Å². The van der Waals surface area contributed by atoms with Crippen LogP contribution in [-0.4, -0.2) is 21.9 Å². The molecule has 0 unspecified atom stereocenters. The van der Waals surface area contributed by atoms with Crippen molar-refractivity contribution in [3.05, 3.63) is 95.3 Å². The lowest BCUT2D eigenvalue weighted by molar-refractivity contribution is -0.133. The second-order valence-electron chi connectivity index (χ2n) is 8.94. The Morgan fingerprint density at radius 3 is 2.65 bits per heavy atom. The molecule has 2 atom stereocenters. The molecule has 0 bridgehead atoms. The fraction of sp³-hybridized carbons (Fsp3) is 0.393. The average molecular weight is 415 g/mol. The lowest BCUT2D eigenvalue weighted by Gasteiger charge is -2.24. The molecule has 3 aromatic rings. The lowest BCUT2D eigenvalue weighted by Crippen LogP contribution is -2.34. The maximum atomic E-state index is 13.4. The van der Waals surface area contributed by atoms with Crippen LogP contribution in [0.3, 0.4) is 0 Å². The van der Waals surface area contributed by atoms with E-state index < -0.39 is 0 Å². The Hall–Kier alpha value is -2.81. The Kier molecular flexibility index (Phi) is 6.91. The fourth-order valence-corrected chi connectivity index (χ4v) is 4.54. The van der Waals surface area contributed by atoms with E-state index >= 15 is 0 Å². The normalized spacial score (nSPS) is 17.5. The standard InChI is InChI=1S/C28H34N2O/c1-3-4-8-16-30(28(31)27-19-26(27)24-13-6-5-7-14-24)21-25-15-10-17-29(25)20-23-12-9-11-22(2)18-23/h5-7,9-15,17-18,26-27H,3-4,8,16,19-21H2,1-2H3/t26-,27-/m0/s1. The van der Waals surface area contributed by atoms with E-state index in [1.807, 2.05) is 6.07 Å². The highest BCUT2D eigenvalue weighted by atomic mass is 16.2. The fourth-order valence-electron chi connectivity index (χ4n) is 4.54. The van der Waals surface area contributed by atoms with E-state index in [2.05, 4.69) is 90.2 Å². The van der Waals surface area contributed by atoms with Gasteiger partial charge in [-0.25, -0.2) is 0 Å². The first-order valence-electron chi connectivity index (χ1n) is 11.7. The first-order valence-corrected chi connectivity index (χ1v) is 11.7. The highest BCUT2D eigenvalue weighted by Gasteiger charge is 2.45. The van der Waals surface area contributed by atoms with Crippen LogP contribution in [0.15, 0.2) is 72.9 Å². The van der Waals surface area contributed by atoms with Gasteiger partial charge in [0.25, 0.3) is 0 Å². The Labute approximate surface area is 186 Å². The van der Waals surface area contributed by atoms with Gasteiger partial charge in [-0.1, -0.05) is 79.9 Å². The minimum absolute atomic E-state index is 0.143. The maximum Gasteiger partial charge on any atom is 0.226 e. The van der Waals surface area contributed by atoms with E-state index in [1.54, 1.807) is 0 Å². The molecule has 1 aliphatic carbocycles. The highest BCUT2D eigenvalue weighted by Crippen LogP contribution is 2.48. The number of hydrogen-bond donors (Lipinski definition) is 0. The molecule has 0 saturated heterocycles. The molecular formula is C28H34N2O. The SMILES string of the molecule is CCCCCN(Cc1cccn1Cc1cccc(C)c1)C(=O)[C@H]1C[C@H]1c1ccccc1. The van der Waals surface area contributed by atoms with Crippen molar-refractivity contribution in [1.29, 1.82) is 0 Å². The summed E-state index contributed by atoms with van der Waals surface area (Å²) in [6.45, 7) is 6.73. The number of amides is 1. The highest BCUT2D eigenvalue weighted by molar-refractivity contribution is 5.83. The number of benzene rings is 2. The van der Waals surface area contributed by atoms with Gasteiger partial charge in [0.05, 0.1) is 6.54 Å². The van der Waals surface area contributed by atoms with Crippen molar-refractivity contribution in [2.24, 2.45) is 5.92 Å². The van der Waals surface area contributed by atoms with Crippen LogP contribution in [0.2, 0.25) is 0 Å². The molecule has 1 aromatic heterocycles. The average Bonchev–Trinajstić information content (AvgIpc) is 3.47. The van der Waals surface area contributed by atoms with Crippen LogP contribution >= 0.6 is 0 Å². The molecule has 162 valence electrons. The van der Waals surface area contributed by atoms with Crippen LogP contribution < -0.4 is 0 Å². The van der Waals surface area contributed by atoms with Crippen molar-refractivity contribution < 1.29 is 4.79 Å². The predicted octanol–water partition coefficient (Wildman–Crippen LogP) is 6.17. The molecule has 0 N–H and O–H groups in total. The molecule has 0 spiro atoms. The van der Waals surface area contributed by atoms with Gasteiger partial charge in [-0.3, -0.25) is 4.79 Å². The quantitative estimate of drug-likeness (QED) is 0.364. The number of rotatable bonds is 10. The first kappa shape index (κ1) is 21.4. The van der Waals surface area contributed by atoms with Gasteiger partial charge in [-0.2, -0.15) is 0 Å². The van der Waals surface area contributed by atoms with Crippen LogP contribution in [0.5, 0.6) is 0 Å². The predicted molar refractivity (Wildman–Crippen MR) is 127 cm³/mol. The van der Waals surface area contributed by atoms with Gasteiger partial charge in [0.1, 0.15) is 0 Å². The summed E-state index contributed by atoms with van der Waals surface area (Å²) in [6, 6.07) is 23.4. The number of aryl methyl sites for hydroxylation is 1. The molecule has 1 heterocycles. The van der Waals surface area contributed by atoms with Gasteiger partial charge in [0, 0.05) is 30.9 Å². The number of hydrogen-bond acceptors (Lipinski definition) is 1. The molecule has 1 saturated carbocycles. The van der Waals surface area contributed by atoms with Gasteiger partial charge < -0.3 is 9.47 Å². The molecule has 1 aliphatic rings. The third kappa shape index (κ3) is 5.46. The van der Waals surface area contributed by atoms with Crippen LogP contribution in [-0.2, 0) is 17.9 Å². The summed E-state index contributed by atoms with van der Waals surface area (Å²) in [5, 5.41) is 0. The largest absolute Gasteiger partial charge is 0.345 e. The van der Waals surface area contributed by atoms with Gasteiger partial charge in [0.2, 0.25) is 5.91 Å². The van der Waals surface area contributed by atoms with Crippen molar-refractivity contribution in [1.82, 2.24) is 9.47 Å². The summed E-state index contributed by atoms with van der Waals surface area (Å²) in [5.74, 6) is 0.860. The first-order chi connectivity index (χ1) is 15.2. The molecule has 2 aromatic carbocycles. The van der Waals surface area contributed by atoms with Crippen molar-refractivity contribution >= 4 is 5.91 Å². The summed E-state index contributed by atoms with van der Waals surface area (Å²) in [4.78, 5) is 15.6. The zero-order valence-electron chi connectivity index (χ0n) is 18.8. The Morgan fingerprint density at radius 2 is 1.87 bits per heavy atom. The van der Waals surface area contributed by atoms with E-state index in [-0.39, 0.29) is 5.92 Å². The molecule has 1 fully saturated rings. The summed E-state index contributed by atoms with van der Waals surface area (Å²) in [6.07, 6.45) is 6.53. The third-order valence-electron chi connectivity index (χ3n) is 6.39. The number of aromatic nitrogens is 1. The van der Waals surface area contributed by atoms with E-state index in [1.165, 1.54) is 35.2 Å². The monoisotopic (exact) mass is 414 g/mol. The third-order valence-corrected chi connectivity index (χ3v) is 6.39. The van der Waals surface area contributed by atoms with Crippen LogP contribution in [0.4, 0.5) is 0 Å². The summed E-state index contributed by atoms with van der Waals surface area (Å²) in [7, 11) is 0. The summed E-state index contributed by atoms with van der Waals surface area (Å²) >= 11 is 0. The molecule has 0 radical (unpaired) electrons. The van der Waals surface area contributed by atoms with Crippen molar-refractivity contribution in [3.63, 3.8) is 0 Å². The molecular weight excluding hydrogens is 380 g/mol. The maximum absolute atomic E-state index is 13.4. The topological polar surface area (TPSA) is 25.2 Å².